The molecule has 0 bridgehead atoms. The van der Waals surface area contributed by atoms with Gasteiger partial charge >= 0.3 is 0 Å². The number of aliphatic hydroxyl groups is 1. The Morgan fingerprint density at radius 2 is 2.28 bits per heavy atom. The lowest BCUT2D eigenvalue weighted by molar-refractivity contribution is 0.192. The third kappa shape index (κ3) is 2.86. The first-order valence-corrected chi connectivity index (χ1v) is 7.48. The Labute approximate surface area is 107 Å². The average molecular weight is 287 g/mol. The molecule has 1 aromatic rings. The van der Waals surface area contributed by atoms with Crippen LogP contribution in [0.5, 0.6) is 0 Å². The van der Waals surface area contributed by atoms with Crippen LogP contribution in [-0.2, 0) is 9.84 Å². The minimum atomic E-state index is -3.49. The van der Waals surface area contributed by atoms with Crippen LogP contribution < -0.4 is 5.32 Å². The molecule has 2 heterocycles. The summed E-state index contributed by atoms with van der Waals surface area (Å²) in [4.78, 5) is 18.8. The van der Waals surface area contributed by atoms with Crippen LogP contribution >= 0.6 is 11.8 Å². The molecule has 96 valence electrons. The molecule has 1 aliphatic rings. The molecule has 2 rings (SSSR count). The zero-order valence-corrected chi connectivity index (χ0v) is 10.8. The van der Waals surface area contributed by atoms with Gasteiger partial charge < -0.3 is 10.4 Å². The molecule has 7 nitrogen and oxygen atoms in total. The molecule has 1 unspecified atom stereocenters. The third-order valence-corrected chi connectivity index (χ3v) is 3.75. The van der Waals surface area contributed by atoms with Gasteiger partial charge in [-0.1, -0.05) is 0 Å². The van der Waals surface area contributed by atoms with Gasteiger partial charge in [0.1, 0.15) is 0 Å². The van der Waals surface area contributed by atoms with Crippen molar-refractivity contribution in [1.29, 1.82) is 0 Å². The van der Waals surface area contributed by atoms with E-state index in [9.17, 15) is 18.3 Å². The minimum absolute atomic E-state index is 0.298. The van der Waals surface area contributed by atoms with E-state index in [-0.39, 0.29) is 10.4 Å². The number of amides is 1. The maximum Gasteiger partial charge on any atom is 0.285 e. The molecular weight excluding hydrogens is 278 g/mol. The first-order chi connectivity index (χ1) is 8.36. The summed E-state index contributed by atoms with van der Waals surface area (Å²) in [6, 6.07) is 1.48. The van der Waals surface area contributed by atoms with Crippen molar-refractivity contribution >= 4 is 32.9 Å². The Hall–Kier alpha value is -1.45. The predicted octanol–water partition coefficient (Wildman–Crippen LogP) is -0.00420. The Kier molecular flexibility index (Phi) is 3.37. The van der Waals surface area contributed by atoms with Crippen LogP contribution in [0.15, 0.2) is 22.3 Å². The quantitative estimate of drug-likeness (QED) is 0.736. The van der Waals surface area contributed by atoms with Gasteiger partial charge in [-0.3, -0.25) is 4.79 Å². The van der Waals surface area contributed by atoms with Gasteiger partial charge in [0.15, 0.2) is 6.23 Å². The first-order valence-electron chi connectivity index (χ1n) is 4.77. The molecule has 0 aromatic carbocycles. The first kappa shape index (κ1) is 13.0. The van der Waals surface area contributed by atoms with Crippen molar-refractivity contribution in [3.63, 3.8) is 0 Å². The van der Waals surface area contributed by atoms with E-state index < -0.39 is 16.1 Å². The number of hydrogen-bond donors (Lipinski definition) is 2. The highest BCUT2D eigenvalue weighted by Gasteiger charge is 2.25. The van der Waals surface area contributed by atoms with Crippen LogP contribution in [0, 0.1) is 0 Å². The molecule has 2 N–H and O–H groups in total. The maximum absolute atomic E-state index is 11.3. The van der Waals surface area contributed by atoms with Gasteiger partial charge in [-0.15, -0.1) is 0 Å². The number of nitrogens with zero attached hydrogens (tertiary/aromatic N) is 2. The second kappa shape index (κ2) is 4.67. The molecule has 0 saturated carbocycles. The fraction of sp³-hybridized carbons (Fsp3) is 0.222. The monoisotopic (exact) mass is 287 g/mol. The van der Waals surface area contributed by atoms with Gasteiger partial charge in [0, 0.05) is 17.4 Å². The lowest BCUT2D eigenvalue weighted by atomic mass is 10.3. The van der Waals surface area contributed by atoms with Crippen molar-refractivity contribution in [3.05, 3.63) is 22.9 Å². The third-order valence-electron chi connectivity index (χ3n) is 2.01. The molecule has 1 aromatic heterocycles. The standard InChI is InChI=1S/C9H9N3O4S2/c1-18(15,16)8-10-3-2-5(11-8)4-6-7(13)12-9(14)17-6/h2-4,7,13H,1H3,(H,12,14)/b6-4-. The molecule has 1 saturated heterocycles. The predicted molar refractivity (Wildman–Crippen MR) is 65.2 cm³/mol. The van der Waals surface area contributed by atoms with Crippen molar-refractivity contribution in [2.45, 2.75) is 11.4 Å². The molecule has 1 aliphatic heterocycles. The summed E-state index contributed by atoms with van der Waals surface area (Å²) in [6.07, 6.45) is 2.66. The van der Waals surface area contributed by atoms with E-state index in [2.05, 4.69) is 15.3 Å². The number of hydrogen-bond acceptors (Lipinski definition) is 7. The van der Waals surface area contributed by atoms with Gasteiger partial charge in [-0.2, -0.15) is 0 Å². The van der Waals surface area contributed by atoms with Gasteiger partial charge in [0.2, 0.25) is 15.0 Å². The molecule has 1 amide bonds. The zero-order valence-electron chi connectivity index (χ0n) is 9.19. The summed E-state index contributed by atoms with van der Waals surface area (Å²) in [5.41, 5.74) is 0.309. The van der Waals surface area contributed by atoms with E-state index >= 15 is 0 Å². The van der Waals surface area contributed by atoms with Gasteiger partial charge in [0.05, 0.1) is 5.69 Å². The summed E-state index contributed by atoms with van der Waals surface area (Å²) in [5.74, 6) is 0. The van der Waals surface area contributed by atoms with E-state index in [0.717, 1.165) is 18.0 Å². The molecule has 1 fully saturated rings. The van der Waals surface area contributed by atoms with E-state index in [0.29, 0.717) is 10.6 Å². The number of rotatable bonds is 2. The summed E-state index contributed by atoms with van der Waals surface area (Å²) in [6.45, 7) is 0. The van der Waals surface area contributed by atoms with Crippen molar-refractivity contribution in [2.75, 3.05) is 6.26 Å². The number of carbonyl (C=O) groups excluding carboxylic acids is 1. The van der Waals surface area contributed by atoms with Gasteiger partial charge in [0.25, 0.3) is 5.24 Å². The maximum atomic E-state index is 11.3. The molecule has 0 aliphatic carbocycles. The highest BCUT2D eigenvalue weighted by molar-refractivity contribution is 8.17. The van der Waals surface area contributed by atoms with Crippen LogP contribution in [0.4, 0.5) is 4.79 Å². The highest BCUT2D eigenvalue weighted by atomic mass is 32.2. The SMILES string of the molecule is CS(=O)(=O)c1nccc(/C=C2\SC(=O)NC2O)n1. The Morgan fingerprint density at radius 1 is 1.56 bits per heavy atom. The second-order valence-corrected chi connectivity index (χ2v) is 6.48. The smallest absolute Gasteiger partial charge is 0.285 e. The van der Waals surface area contributed by atoms with Crippen LogP contribution in [0.3, 0.4) is 0 Å². The average Bonchev–Trinajstić information content (AvgIpc) is 2.56. The number of aliphatic hydroxyl groups excluding tert-OH is 1. The van der Waals surface area contributed by atoms with Gasteiger partial charge in [-0.05, 0) is 23.9 Å². The fourth-order valence-electron chi connectivity index (χ4n) is 1.24. The number of aromatic nitrogens is 2. The van der Waals surface area contributed by atoms with Crippen molar-refractivity contribution in [1.82, 2.24) is 15.3 Å². The van der Waals surface area contributed by atoms with Crippen molar-refractivity contribution in [2.24, 2.45) is 0 Å². The van der Waals surface area contributed by atoms with Crippen LogP contribution in [-0.4, -0.2) is 41.2 Å². The van der Waals surface area contributed by atoms with Gasteiger partial charge in [-0.25, -0.2) is 18.4 Å². The fourth-order valence-corrected chi connectivity index (χ4v) is 2.50. The minimum Gasteiger partial charge on any atom is -0.369 e. The van der Waals surface area contributed by atoms with E-state index in [4.69, 9.17) is 0 Å². The van der Waals surface area contributed by atoms with E-state index in [1.807, 2.05) is 0 Å². The molecule has 1 atom stereocenters. The number of carbonyl (C=O) groups is 1. The summed E-state index contributed by atoms with van der Waals surface area (Å²) in [7, 11) is -3.49. The van der Waals surface area contributed by atoms with Crippen LogP contribution in [0.1, 0.15) is 5.69 Å². The van der Waals surface area contributed by atoms with Crippen molar-refractivity contribution in [3.8, 4) is 0 Å². The number of thioether (sulfide) groups is 1. The van der Waals surface area contributed by atoms with E-state index in [1.54, 1.807) is 0 Å². The molecule has 0 spiro atoms. The largest absolute Gasteiger partial charge is 0.369 e. The van der Waals surface area contributed by atoms with Crippen LogP contribution in [0.25, 0.3) is 6.08 Å². The summed E-state index contributed by atoms with van der Waals surface area (Å²) < 4.78 is 22.5. The van der Waals surface area contributed by atoms with Crippen molar-refractivity contribution < 1.29 is 18.3 Å². The Balaban J connectivity index is 2.36. The Bertz CT molecular complexity index is 626. The summed E-state index contributed by atoms with van der Waals surface area (Å²) in [5, 5.41) is 11.1. The number of nitrogens with one attached hydrogen (secondary N) is 1. The molecule has 0 radical (unpaired) electrons. The lowest BCUT2D eigenvalue weighted by Crippen LogP contribution is -2.24. The zero-order chi connectivity index (χ0) is 13.3. The highest BCUT2D eigenvalue weighted by Crippen LogP contribution is 2.27. The Morgan fingerprint density at radius 3 is 2.83 bits per heavy atom. The topological polar surface area (TPSA) is 109 Å². The van der Waals surface area contributed by atoms with Crippen LogP contribution in [0.2, 0.25) is 0 Å². The summed E-state index contributed by atoms with van der Waals surface area (Å²) >= 11 is 0.833. The number of sulfone groups is 1. The molecule has 9 heteroatoms. The molecular formula is C9H9N3O4S2. The molecule has 18 heavy (non-hydrogen) atoms. The lowest BCUT2D eigenvalue weighted by Gasteiger charge is -2.02. The van der Waals surface area contributed by atoms with E-state index in [1.165, 1.54) is 18.3 Å². The normalized spacial score (nSPS) is 22.2. The second-order valence-electron chi connectivity index (χ2n) is 3.52.